The van der Waals surface area contributed by atoms with E-state index in [0.29, 0.717) is 37.0 Å². The molecule has 9 heteroatoms. The van der Waals surface area contributed by atoms with Gasteiger partial charge in [0.1, 0.15) is 0 Å². The van der Waals surface area contributed by atoms with Crippen molar-refractivity contribution in [3.63, 3.8) is 0 Å². The fourth-order valence-corrected chi connectivity index (χ4v) is 3.51. The summed E-state index contributed by atoms with van der Waals surface area (Å²) in [6.45, 7) is 4.79. The van der Waals surface area contributed by atoms with Crippen molar-refractivity contribution in [2.24, 2.45) is 4.99 Å². The Hall–Kier alpha value is -2.43. The number of carbonyl (C=O) groups excluding carboxylic acids is 1. The maximum atomic E-state index is 14.0. The Morgan fingerprint density at radius 2 is 2.03 bits per heavy atom. The Labute approximate surface area is 206 Å². The number of nitrogens with zero attached hydrogens (tertiary/aromatic N) is 3. The first-order valence-electron chi connectivity index (χ1n) is 10.8. The molecule has 3 N–H and O–H groups in total. The first-order valence-corrected chi connectivity index (χ1v) is 10.8. The Morgan fingerprint density at radius 3 is 2.72 bits per heavy atom. The largest absolute Gasteiger partial charge is 0.352 e. The van der Waals surface area contributed by atoms with Crippen LogP contribution in [0.15, 0.2) is 47.6 Å². The summed E-state index contributed by atoms with van der Waals surface area (Å²) in [7, 11) is 1.73. The molecule has 7 nitrogen and oxygen atoms in total. The summed E-state index contributed by atoms with van der Waals surface area (Å²) in [6.07, 6.45) is 4.52. The van der Waals surface area contributed by atoms with E-state index in [2.05, 4.69) is 32.9 Å². The molecule has 3 rings (SSSR count). The van der Waals surface area contributed by atoms with Crippen LogP contribution in [0.3, 0.4) is 0 Å². The van der Waals surface area contributed by atoms with E-state index in [1.54, 1.807) is 19.3 Å². The molecule has 0 spiro atoms. The zero-order valence-corrected chi connectivity index (χ0v) is 20.9. The highest BCUT2D eigenvalue weighted by molar-refractivity contribution is 14.0. The summed E-state index contributed by atoms with van der Waals surface area (Å²) in [5.41, 5.74) is 1.71. The fourth-order valence-electron chi connectivity index (χ4n) is 3.51. The van der Waals surface area contributed by atoms with Gasteiger partial charge < -0.3 is 20.9 Å². The van der Waals surface area contributed by atoms with Gasteiger partial charge in [0.05, 0.1) is 0 Å². The number of halogens is 2. The molecule has 0 radical (unpaired) electrons. The van der Waals surface area contributed by atoms with Crippen LogP contribution < -0.4 is 20.9 Å². The number of anilines is 1. The topological polar surface area (TPSA) is 81.6 Å². The Bertz CT molecular complexity index is 892. The van der Waals surface area contributed by atoms with Gasteiger partial charge in [-0.25, -0.2) is 9.37 Å². The van der Waals surface area contributed by atoms with E-state index in [0.717, 1.165) is 31.4 Å². The monoisotopic (exact) mass is 554 g/mol. The van der Waals surface area contributed by atoms with Gasteiger partial charge in [0.2, 0.25) is 0 Å². The van der Waals surface area contributed by atoms with Crippen molar-refractivity contribution in [3.8, 4) is 0 Å². The molecule has 1 fully saturated rings. The van der Waals surface area contributed by atoms with E-state index in [9.17, 15) is 9.18 Å². The summed E-state index contributed by atoms with van der Waals surface area (Å²) in [4.78, 5) is 22.5. The molecule has 1 atom stereocenters. The van der Waals surface area contributed by atoms with E-state index in [-0.39, 0.29) is 41.7 Å². The molecular weight excluding hydrogens is 522 g/mol. The maximum Gasteiger partial charge on any atom is 0.251 e. The maximum absolute atomic E-state index is 14.0. The molecule has 0 aliphatic carbocycles. The molecule has 1 amide bonds. The molecule has 0 saturated carbocycles. The number of hydrogen-bond acceptors (Lipinski definition) is 4. The van der Waals surface area contributed by atoms with Gasteiger partial charge in [-0.05, 0) is 42.7 Å². The highest BCUT2D eigenvalue weighted by Gasteiger charge is 2.25. The lowest BCUT2D eigenvalue weighted by Gasteiger charge is -2.20. The van der Waals surface area contributed by atoms with E-state index in [4.69, 9.17) is 0 Å². The number of unbranched alkanes of at least 4 members (excludes halogenated alkanes) is 1. The van der Waals surface area contributed by atoms with Crippen LogP contribution >= 0.6 is 24.0 Å². The van der Waals surface area contributed by atoms with Crippen LogP contribution in [0.1, 0.15) is 42.1 Å². The first kappa shape index (κ1) is 25.8. The molecule has 0 bridgehead atoms. The number of rotatable bonds is 8. The Kier molecular flexibility index (Phi) is 10.6. The smallest absolute Gasteiger partial charge is 0.251 e. The predicted octanol–water partition coefficient (Wildman–Crippen LogP) is 3.31. The third-order valence-electron chi connectivity index (χ3n) is 5.28. The van der Waals surface area contributed by atoms with E-state index < -0.39 is 0 Å². The second kappa shape index (κ2) is 13.2. The number of aromatic nitrogens is 1. The quantitative estimate of drug-likeness (QED) is 0.202. The van der Waals surface area contributed by atoms with Crippen LogP contribution in [-0.2, 0) is 6.54 Å². The molecular formula is C23H32FIN6O. The van der Waals surface area contributed by atoms with Crippen molar-refractivity contribution in [2.45, 2.75) is 38.8 Å². The van der Waals surface area contributed by atoms with Gasteiger partial charge in [0.25, 0.3) is 5.91 Å². The summed E-state index contributed by atoms with van der Waals surface area (Å²) in [5, 5.41) is 9.62. The minimum Gasteiger partial charge on any atom is -0.352 e. The minimum absolute atomic E-state index is 0. The van der Waals surface area contributed by atoms with Gasteiger partial charge in [0.15, 0.2) is 17.6 Å². The van der Waals surface area contributed by atoms with Crippen molar-refractivity contribution in [1.82, 2.24) is 20.9 Å². The van der Waals surface area contributed by atoms with Crippen LogP contribution in [0.25, 0.3) is 0 Å². The third-order valence-corrected chi connectivity index (χ3v) is 5.28. The van der Waals surface area contributed by atoms with Crippen molar-refractivity contribution < 1.29 is 9.18 Å². The molecule has 1 saturated heterocycles. The number of amides is 1. The lowest BCUT2D eigenvalue weighted by Crippen LogP contribution is -2.44. The van der Waals surface area contributed by atoms with Gasteiger partial charge in [0, 0.05) is 51.0 Å². The number of carbonyl (C=O) groups is 1. The number of guanidine groups is 1. The van der Waals surface area contributed by atoms with Gasteiger partial charge >= 0.3 is 0 Å². The fraction of sp³-hybridized carbons (Fsp3) is 0.435. The SMILES string of the molecule is CCCCNC(=O)c1ccc(CNC(=NC)NC2CCN(c3ncccc3F)C2)cc1.I. The molecule has 1 aliphatic heterocycles. The second-order valence-electron chi connectivity index (χ2n) is 7.62. The number of hydrogen-bond donors (Lipinski definition) is 3. The van der Waals surface area contributed by atoms with Crippen LogP contribution in [0, 0.1) is 5.82 Å². The number of nitrogens with one attached hydrogen (secondary N) is 3. The van der Waals surface area contributed by atoms with E-state index in [1.165, 1.54) is 6.07 Å². The lowest BCUT2D eigenvalue weighted by molar-refractivity contribution is 0.0953. The molecule has 174 valence electrons. The zero-order valence-electron chi connectivity index (χ0n) is 18.6. The first-order chi connectivity index (χ1) is 15.1. The Balaban J connectivity index is 0.00000363. The third kappa shape index (κ3) is 7.32. The molecule has 1 unspecified atom stereocenters. The summed E-state index contributed by atoms with van der Waals surface area (Å²) in [6, 6.07) is 10.7. The van der Waals surface area contributed by atoms with Gasteiger partial charge in [-0.15, -0.1) is 24.0 Å². The highest BCUT2D eigenvalue weighted by Crippen LogP contribution is 2.20. The van der Waals surface area contributed by atoms with Crippen LogP contribution in [0.5, 0.6) is 0 Å². The van der Waals surface area contributed by atoms with Crippen molar-refractivity contribution in [3.05, 3.63) is 59.5 Å². The summed E-state index contributed by atoms with van der Waals surface area (Å²) < 4.78 is 14.0. The normalized spacial score (nSPS) is 15.8. The molecule has 2 heterocycles. The molecule has 1 aromatic heterocycles. The molecule has 1 aliphatic rings. The predicted molar refractivity (Wildman–Crippen MR) is 137 cm³/mol. The van der Waals surface area contributed by atoms with E-state index >= 15 is 0 Å². The molecule has 32 heavy (non-hydrogen) atoms. The molecule has 1 aromatic carbocycles. The standard InChI is InChI=1S/C23H31FN6O.HI/c1-3-4-12-27-22(31)18-9-7-17(8-10-18)15-28-23(25-2)29-19-11-14-30(16-19)21-20(24)6-5-13-26-21;/h5-10,13,19H,3-4,11-12,14-16H2,1-2H3,(H,27,31)(H2,25,28,29);1H. The van der Waals surface area contributed by atoms with Crippen LogP contribution in [0.2, 0.25) is 0 Å². The minimum atomic E-state index is -0.298. The summed E-state index contributed by atoms with van der Waals surface area (Å²) >= 11 is 0. The summed E-state index contributed by atoms with van der Waals surface area (Å²) in [5.74, 6) is 0.747. The zero-order chi connectivity index (χ0) is 22.1. The van der Waals surface area contributed by atoms with Crippen molar-refractivity contribution in [2.75, 3.05) is 31.6 Å². The van der Waals surface area contributed by atoms with Crippen molar-refractivity contribution >= 4 is 41.7 Å². The number of benzene rings is 1. The van der Waals surface area contributed by atoms with Gasteiger partial charge in [-0.3, -0.25) is 9.79 Å². The number of aliphatic imine (C=N–C) groups is 1. The van der Waals surface area contributed by atoms with Gasteiger partial charge in [-0.2, -0.15) is 0 Å². The number of pyridine rings is 1. The average Bonchev–Trinajstić information content (AvgIpc) is 3.25. The van der Waals surface area contributed by atoms with Crippen LogP contribution in [0.4, 0.5) is 10.2 Å². The van der Waals surface area contributed by atoms with Crippen molar-refractivity contribution in [1.29, 1.82) is 0 Å². The highest BCUT2D eigenvalue weighted by atomic mass is 127. The van der Waals surface area contributed by atoms with Crippen LogP contribution in [-0.4, -0.2) is 49.6 Å². The lowest BCUT2D eigenvalue weighted by atomic mass is 10.1. The Morgan fingerprint density at radius 1 is 1.25 bits per heavy atom. The molecule has 2 aromatic rings. The average molecular weight is 554 g/mol. The van der Waals surface area contributed by atoms with E-state index in [1.807, 2.05) is 29.2 Å². The second-order valence-corrected chi connectivity index (χ2v) is 7.62. The van der Waals surface area contributed by atoms with Gasteiger partial charge in [-0.1, -0.05) is 25.5 Å².